The Labute approximate surface area is 140 Å². The zero-order chi connectivity index (χ0) is 15.9. The Morgan fingerprint density at radius 1 is 1.36 bits per heavy atom. The van der Waals surface area contributed by atoms with E-state index in [1.54, 1.807) is 7.11 Å². The molecule has 1 aliphatic heterocycles. The lowest BCUT2D eigenvalue weighted by atomic mass is 10.1. The van der Waals surface area contributed by atoms with Gasteiger partial charge in [0.1, 0.15) is 11.1 Å². The van der Waals surface area contributed by atoms with Crippen molar-refractivity contribution in [1.82, 2.24) is 4.98 Å². The maximum absolute atomic E-state index is 6.47. The monoisotopic (exact) mass is 334 g/mol. The number of fused-ring (bicyclic) bond motifs is 1. The van der Waals surface area contributed by atoms with Crippen LogP contribution in [0.2, 0.25) is 5.02 Å². The van der Waals surface area contributed by atoms with Gasteiger partial charge in [-0.1, -0.05) is 25.4 Å². The van der Waals surface area contributed by atoms with Gasteiger partial charge in [0, 0.05) is 22.4 Å². The van der Waals surface area contributed by atoms with Gasteiger partial charge in [0.05, 0.1) is 23.3 Å². The van der Waals surface area contributed by atoms with Gasteiger partial charge in [0.2, 0.25) is 0 Å². The fourth-order valence-corrected chi connectivity index (χ4v) is 4.09. The number of halogens is 1. The minimum atomic E-state index is 0.0462. The molecule has 1 aliphatic rings. The van der Waals surface area contributed by atoms with E-state index >= 15 is 0 Å². The highest BCUT2D eigenvalue weighted by Gasteiger charge is 2.24. The number of pyridine rings is 1. The highest BCUT2D eigenvalue weighted by molar-refractivity contribution is 8.00. The van der Waals surface area contributed by atoms with Gasteiger partial charge >= 0.3 is 0 Å². The van der Waals surface area contributed by atoms with Crippen molar-refractivity contribution in [2.75, 3.05) is 12.9 Å². The van der Waals surface area contributed by atoms with Crippen molar-refractivity contribution in [2.24, 2.45) is 10.9 Å². The van der Waals surface area contributed by atoms with Crippen molar-refractivity contribution >= 4 is 40.0 Å². The van der Waals surface area contributed by atoms with Crippen molar-refractivity contribution < 1.29 is 4.74 Å². The highest BCUT2D eigenvalue weighted by Crippen LogP contribution is 2.39. The Balaban J connectivity index is 2.11. The van der Waals surface area contributed by atoms with Gasteiger partial charge < -0.3 is 4.74 Å². The molecule has 1 unspecified atom stereocenters. The highest BCUT2D eigenvalue weighted by atomic mass is 35.5. The first-order valence-corrected chi connectivity index (χ1v) is 8.76. The van der Waals surface area contributed by atoms with Crippen LogP contribution in [-0.4, -0.2) is 23.6 Å². The van der Waals surface area contributed by atoms with Crippen LogP contribution in [0, 0.1) is 12.8 Å². The van der Waals surface area contributed by atoms with E-state index in [0.717, 1.165) is 38.7 Å². The molecule has 2 heterocycles. The van der Waals surface area contributed by atoms with Gasteiger partial charge in [-0.15, -0.1) is 11.8 Å². The van der Waals surface area contributed by atoms with E-state index in [1.807, 2.05) is 36.9 Å². The summed E-state index contributed by atoms with van der Waals surface area (Å²) in [5.74, 6) is 2.28. The fraction of sp³-hybridized carbons (Fsp3) is 0.412. The van der Waals surface area contributed by atoms with Crippen LogP contribution in [0.4, 0.5) is 0 Å². The molecule has 0 spiro atoms. The summed E-state index contributed by atoms with van der Waals surface area (Å²) in [5, 5.41) is 1.73. The lowest BCUT2D eigenvalue weighted by Gasteiger charge is -2.12. The van der Waals surface area contributed by atoms with Crippen LogP contribution in [-0.2, 0) is 0 Å². The van der Waals surface area contributed by atoms with Gasteiger partial charge in [0.25, 0.3) is 0 Å². The Morgan fingerprint density at radius 3 is 2.77 bits per heavy atom. The van der Waals surface area contributed by atoms with E-state index in [1.165, 1.54) is 5.71 Å². The molecule has 3 rings (SSSR count). The molecule has 0 saturated heterocycles. The molecule has 22 heavy (non-hydrogen) atoms. The smallest absolute Gasteiger partial charge is 0.138 e. The molecule has 3 nitrogen and oxygen atoms in total. The van der Waals surface area contributed by atoms with Gasteiger partial charge in [-0.3, -0.25) is 4.99 Å². The maximum atomic E-state index is 6.47. The molecule has 0 aliphatic carbocycles. The maximum Gasteiger partial charge on any atom is 0.138 e. The third-order valence-electron chi connectivity index (χ3n) is 3.97. The zero-order valence-electron chi connectivity index (χ0n) is 13.2. The Hall–Kier alpha value is -1.26. The van der Waals surface area contributed by atoms with Crippen molar-refractivity contribution in [3.63, 3.8) is 0 Å². The minimum absolute atomic E-state index is 0.0462. The molecule has 5 heteroatoms. The molecular weight excluding hydrogens is 316 g/mol. The summed E-state index contributed by atoms with van der Waals surface area (Å²) in [5.41, 5.74) is 4.08. The number of rotatable bonds is 3. The predicted molar refractivity (Wildman–Crippen MR) is 95.5 cm³/mol. The average molecular weight is 335 g/mol. The second-order valence-corrected chi connectivity index (χ2v) is 7.23. The summed E-state index contributed by atoms with van der Waals surface area (Å²) in [6.45, 7) is 6.37. The van der Waals surface area contributed by atoms with E-state index in [4.69, 9.17) is 26.3 Å². The summed E-state index contributed by atoms with van der Waals surface area (Å²) in [4.78, 5) is 9.63. The summed E-state index contributed by atoms with van der Waals surface area (Å²) in [6.07, 6.45) is 0. The molecule has 1 atom stereocenters. The fourth-order valence-electron chi connectivity index (χ4n) is 2.59. The third-order valence-corrected chi connectivity index (χ3v) is 5.40. The molecule has 1 aromatic carbocycles. The predicted octanol–water partition coefficient (Wildman–Crippen LogP) is 5.05. The van der Waals surface area contributed by atoms with Gasteiger partial charge in [-0.05, 0) is 31.0 Å². The molecule has 116 valence electrons. The Morgan fingerprint density at radius 2 is 2.14 bits per heavy atom. The second kappa shape index (κ2) is 6.09. The van der Waals surface area contributed by atoms with E-state index < -0.39 is 0 Å². The molecule has 0 N–H and O–H groups in total. The van der Waals surface area contributed by atoms with Crippen LogP contribution in [0.3, 0.4) is 0 Å². The van der Waals surface area contributed by atoms with E-state index in [0.29, 0.717) is 5.92 Å². The molecule has 0 saturated carbocycles. The van der Waals surface area contributed by atoms with Crippen LogP contribution >= 0.6 is 23.4 Å². The van der Waals surface area contributed by atoms with Crippen LogP contribution in [0.15, 0.2) is 23.2 Å². The lowest BCUT2D eigenvalue weighted by molar-refractivity contribution is 0.412. The number of nitrogens with zero attached hydrogens (tertiary/aromatic N) is 2. The molecule has 0 fully saturated rings. The number of methoxy groups -OCH3 is 1. The summed E-state index contributed by atoms with van der Waals surface area (Å²) >= 11 is 8.28. The number of aryl methyl sites for hydroxylation is 1. The number of hydrogen-bond donors (Lipinski definition) is 0. The van der Waals surface area contributed by atoms with Crippen molar-refractivity contribution in [3.8, 4) is 5.75 Å². The summed E-state index contributed by atoms with van der Waals surface area (Å²) in [6, 6.07) is 5.84. The topological polar surface area (TPSA) is 34.5 Å². The van der Waals surface area contributed by atoms with Crippen LogP contribution < -0.4 is 4.74 Å². The molecule has 1 aromatic heterocycles. The van der Waals surface area contributed by atoms with Crippen LogP contribution in [0.5, 0.6) is 5.75 Å². The standard InChI is InChI=1S/C17H19ClN2OS/c1-9(2)14-8-22-17(20-14)13-7-12(18)11-5-6-15(21-4)10(3)16(11)19-13/h5-7,9,17H,8H2,1-4H3. The van der Waals surface area contributed by atoms with E-state index in [9.17, 15) is 0 Å². The Kier molecular flexibility index (Phi) is 4.33. The van der Waals surface area contributed by atoms with Gasteiger partial charge in [-0.25, -0.2) is 4.98 Å². The molecule has 0 bridgehead atoms. The lowest BCUT2D eigenvalue weighted by Crippen LogP contribution is -2.06. The number of aromatic nitrogens is 1. The first-order chi connectivity index (χ1) is 10.5. The van der Waals surface area contributed by atoms with E-state index in [2.05, 4.69) is 13.8 Å². The van der Waals surface area contributed by atoms with Crippen molar-refractivity contribution in [3.05, 3.63) is 34.5 Å². The first kappa shape index (κ1) is 15.6. The molecule has 0 radical (unpaired) electrons. The SMILES string of the molecule is COc1ccc2c(Cl)cc(C3N=C(C(C)C)CS3)nc2c1C. The Bertz CT molecular complexity index is 758. The van der Waals surface area contributed by atoms with Crippen LogP contribution in [0.25, 0.3) is 10.9 Å². The summed E-state index contributed by atoms with van der Waals surface area (Å²) in [7, 11) is 1.67. The van der Waals surface area contributed by atoms with Gasteiger partial charge in [-0.2, -0.15) is 0 Å². The number of aliphatic imine (C=N–C) groups is 1. The quantitative estimate of drug-likeness (QED) is 0.788. The van der Waals surface area contributed by atoms with Crippen molar-refractivity contribution in [1.29, 1.82) is 0 Å². The van der Waals surface area contributed by atoms with Crippen molar-refractivity contribution in [2.45, 2.75) is 26.1 Å². The van der Waals surface area contributed by atoms with E-state index in [-0.39, 0.29) is 5.37 Å². The summed E-state index contributed by atoms with van der Waals surface area (Å²) < 4.78 is 5.39. The largest absolute Gasteiger partial charge is 0.496 e. The van der Waals surface area contributed by atoms with Crippen LogP contribution in [0.1, 0.15) is 30.5 Å². The minimum Gasteiger partial charge on any atom is -0.496 e. The normalized spacial score (nSPS) is 18.1. The molecule has 0 amide bonds. The first-order valence-electron chi connectivity index (χ1n) is 7.33. The number of thioether (sulfide) groups is 1. The number of hydrogen-bond acceptors (Lipinski definition) is 4. The third kappa shape index (κ3) is 2.70. The zero-order valence-corrected chi connectivity index (χ0v) is 14.8. The molecular formula is C17H19ClN2OS. The number of ether oxygens (including phenoxy) is 1. The second-order valence-electron chi connectivity index (χ2n) is 5.76. The molecule has 2 aromatic rings. The number of benzene rings is 1. The average Bonchev–Trinajstić information content (AvgIpc) is 2.98. The van der Waals surface area contributed by atoms with Gasteiger partial charge in [0.15, 0.2) is 0 Å².